The van der Waals surface area contributed by atoms with Crippen LogP contribution >= 0.6 is 0 Å². The van der Waals surface area contributed by atoms with Crippen molar-refractivity contribution in [3.8, 4) is 11.5 Å². The van der Waals surface area contributed by atoms with E-state index in [1.165, 1.54) is 0 Å². The molecule has 0 spiro atoms. The second kappa shape index (κ2) is 5.77. The van der Waals surface area contributed by atoms with Crippen LogP contribution < -0.4 is 5.32 Å². The topological polar surface area (TPSA) is 41.3 Å². The Morgan fingerprint density at radius 1 is 1.20 bits per heavy atom. The van der Waals surface area contributed by atoms with Crippen LogP contribution in [-0.4, -0.2) is 35.1 Å². The molecule has 2 aromatic rings. The second-order valence-electron chi connectivity index (χ2n) is 5.54. The third-order valence-corrected chi connectivity index (χ3v) is 3.93. The Labute approximate surface area is 119 Å². The molecule has 106 valence electrons. The lowest BCUT2D eigenvalue weighted by molar-refractivity contribution is 0.107. The summed E-state index contributed by atoms with van der Waals surface area (Å²) >= 11 is 0. The Hall–Kier alpha value is -1.65. The molecule has 1 aliphatic heterocycles. The van der Waals surface area contributed by atoms with Crippen molar-refractivity contribution in [1.29, 1.82) is 0 Å². The predicted octanol–water partition coefficient (Wildman–Crippen LogP) is 2.52. The molecule has 0 saturated carbocycles. The van der Waals surface area contributed by atoms with E-state index in [0.29, 0.717) is 18.0 Å². The lowest BCUT2D eigenvalue weighted by atomic mass is 10.1. The first-order chi connectivity index (χ1) is 9.74. The van der Waals surface area contributed by atoms with Crippen LogP contribution in [0.3, 0.4) is 0 Å². The van der Waals surface area contributed by atoms with Crippen LogP contribution in [0.15, 0.2) is 41.0 Å². The maximum Gasteiger partial charge on any atom is 0.226 e. The number of hydrogen-bond donors (Lipinski definition) is 1. The van der Waals surface area contributed by atoms with Crippen LogP contribution in [0.2, 0.25) is 0 Å². The molecule has 1 saturated heterocycles. The van der Waals surface area contributed by atoms with Gasteiger partial charge in [0.05, 0.1) is 5.69 Å². The fourth-order valence-corrected chi connectivity index (χ4v) is 2.76. The molecule has 0 aliphatic carbocycles. The summed E-state index contributed by atoms with van der Waals surface area (Å²) in [6, 6.07) is 11.1. The van der Waals surface area contributed by atoms with Crippen LogP contribution in [0.1, 0.15) is 19.5 Å². The van der Waals surface area contributed by atoms with Gasteiger partial charge < -0.3 is 9.73 Å². The van der Waals surface area contributed by atoms with Gasteiger partial charge in [-0.05, 0) is 26.0 Å². The second-order valence-corrected chi connectivity index (χ2v) is 5.54. The number of rotatable bonds is 3. The molecule has 1 aromatic carbocycles. The number of aromatic nitrogens is 1. The van der Waals surface area contributed by atoms with E-state index in [0.717, 1.165) is 30.9 Å². The van der Waals surface area contributed by atoms with Gasteiger partial charge in [-0.1, -0.05) is 18.2 Å². The first kappa shape index (κ1) is 13.3. The highest BCUT2D eigenvalue weighted by atomic mass is 16.3. The maximum atomic E-state index is 5.61. The van der Waals surface area contributed by atoms with Crippen molar-refractivity contribution in [3.05, 3.63) is 42.3 Å². The largest absolute Gasteiger partial charge is 0.444 e. The summed E-state index contributed by atoms with van der Waals surface area (Å²) in [5.74, 6) is 0.705. The van der Waals surface area contributed by atoms with Gasteiger partial charge in [0, 0.05) is 37.3 Å². The summed E-state index contributed by atoms with van der Waals surface area (Å²) in [4.78, 5) is 7.09. The van der Waals surface area contributed by atoms with E-state index in [-0.39, 0.29) is 0 Å². The van der Waals surface area contributed by atoms with Crippen LogP contribution in [-0.2, 0) is 6.54 Å². The summed E-state index contributed by atoms with van der Waals surface area (Å²) in [5.41, 5.74) is 2.03. The molecule has 4 heteroatoms. The van der Waals surface area contributed by atoms with Gasteiger partial charge in [0.15, 0.2) is 0 Å². The fourth-order valence-electron chi connectivity index (χ4n) is 2.76. The third-order valence-electron chi connectivity index (χ3n) is 3.93. The molecule has 0 bridgehead atoms. The van der Waals surface area contributed by atoms with Crippen LogP contribution in [0.25, 0.3) is 11.5 Å². The lowest BCUT2D eigenvalue weighted by Crippen LogP contribution is -2.54. The SMILES string of the molecule is CC1CNCC(C)N1Cc1coc(-c2ccccc2)n1. The summed E-state index contributed by atoms with van der Waals surface area (Å²) < 4.78 is 5.61. The van der Waals surface area contributed by atoms with Gasteiger partial charge in [0.1, 0.15) is 6.26 Å². The molecular weight excluding hydrogens is 250 g/mol. The molecule has 1 N–H and O–H groups in total. The Morgan fingerprint density at radius 2 is 1.90 bits per heavy atom. The van der Waals surface area contributed by atoms with E-state index in [2.05, 4.69) is 29.0 Å². The normalized spacial score (nSPS) is 23.9. The first-order valence-corrected chi connectivity index (χ1v) is 7.20. The van der Waals surface area contributed by atoms with Gasteiger partial charge in [-0.15, -0.1) is 0 Å². The quantitative estimate of drug-likeness (QED) is 0.931. The lowest BCUT2D eigenvalue weighted by Gasteiger charge is -2.38. The highest BCUT2D eigenvalue weighted by Gasteiger charge is 2.25. The average molecular weight is 271 g/mol. The van der Waals surface area contributed by atoms with Crippen LogP contribution in [0.5, 0.6) is 0 Å². The van der Waals surface area contributed by atoms with Crippen molar-refractivity contribution in [3.63, 3.8) is 0 Å². The Bertz CT molecular complexity index is 542. The first-order valence-electron chi connectivity index (χ1n) is 7.20. The minimum Gasteiger partial charge on any atom is -0.444 e. The van der Waals surface area contributed by atoms with Crippen molar-refractivity contribution in [2.45, 2.75) is 32.5 Å². The summed E-state index contributed by atoms with van der Waals surface area (Å²) in [7, 11) is 0. The minimum atomic E-state index is 0.524. The van der Waals surface area contributed by atoms with E-state index >= 15 is 0 Å². The smallest absolute Gasteiger partial charge is 0.226 e. The van der Waals surface area contributed by atoms with Crippen molar-refractivity contribution >= 4 is 0 Å². The molecule has 2 atom stereocenters. The van der Waals surface area contributed by atoms with E-state index in [4.69, 9.17) is 4.42 Å². The van der Waals surface area contributed by atoms with Crippen LogP contribution in [0, 0.1) is 0 Å². The summed E-state index contributed by atoms with van der Waals surface area (Å²) in [6.07, 6.45) is 1.78. The zero-order chi connectivity index (χ0) is 13.9. The number of piperazine rings is 1. The standard InChI is InChI=1S/C16H21N3O/c1-12-8-17-9-13(2)19(12)10-15-11-20-16(18-15)14-6-4-3-5-7-14/h3-7,11-13,17H,8-10H2,1-2H3. The predicted molar refractivity (Wildman–Crippen MR) is 79.3 cm³/mol. The minimum absolute atomic E-state index is 0.524. The maximum absolute atomic E-state index is 5.61. The van der Waals surface area contributed by atoms with Gasteiger partial charge >= 0.3 is 0 Å². The fraction of sp³-hybridized carbons (Fsp3) is 0.438. The number of oxazole rings is 1. The van der Waals surface area contributed by atoms with E-state index in [1.54, 1.807) is 6.26 Å². The van der Waals surface area contributed by atoms with Gasteiger partial charge in [0.25, 0.3) is 0 Å². The molecule has 1 aliphatic rings. The van der Waals surface area contributed by atoms with Crippen molar-refractivity contribution < 1.29 is 4.42 Å². The van der Waals surface area contributed by atoms with Crippen molar-refractivity contribution in [1.82, 2.24) is 15.2 Å². The highest BCUT2D eigenvalue weighted by Crippen LogP contribution is 2.20. The van der Waals surface area contributed by atoms with E-state index < -0.39 is 0 Å². The Kier molecular flexibility index (Phi) is 3.85. The molecule has 2 unspecified atom stereocenters. The zero-order valence-electron chi connectivity index (χ0n) is 12.0. The molecule has 20 heavy (non-hydrogen) atoms. The zero-order valence-corrected chi connectivity index (χ0v) is 12.0. The van der Waals surface area contributed by atoms with Crippen molar-refractivity contribution in [2.24, 2.45) is 0 Å². The molecular formula is C16H21N3O. The molecule has 0 amide bonds. The number of nitrogens with one attached hydrogen (secondary N) is 1. The van der Waals surface area contributed by atoms with Gasteiger partial charge in [0.2, 0.25) is 5.89 Å². The summed E-state index contributed by atoms with van der Waals surface area (Å²) in [6.45, 7) is 7.42. The number of benzene rings is 1. The van der Waals surface area contributed by atoms with Gasteiger partial charge in [-0.2, -0.15) is 0 Å². The summed E-state index contributed by atoms with van der Waals surface area (Å²) in [5, 5.41) is 3.45. The molecule has 1 aromatic heterocycles. The van der Waals surface area contributed by atoms with Crippen LogP contribution in [0.4, 0.5) is 0 Å². The van der Waals surface area contributed by atoms with Gasteiger partial charge in [-0.3, -0.25) is 4.90 Å². The number of nitrogens with zero attached hydrogens (tertiary/aromatic N) is 2. The van der Waals surface area contributed by atoms with E-state index in [1.807, 2.05) is 30.3 Å². The molecule has 4 nitrogen and oxygen atoms in total. The molecule has 2 heterocycles. The number of hydrogen-bond acceptors (Lipinski definition) is 4. The average Bonchev–Trinajstić information content (AvgIpc) is 2.93. The molecule has 1 fully saturated rings. The Balaban J connectivity index is 1.74. The Morgan fingerprint density at radius 3 is 2.60 bits per heavy atom. The molecule has 3 rings (SSSR count). The molecule has 0 radical (unpaired) electrons. The highest BCUT2D eigenvalue weighted by molar-refractivity contribution is 5.52. The van der Waals surface area contributed by atoms with Crippen molar-refractivity contribution in [2.75, 3.05) is 13.1 Å². The van der Waals surface area contributed by atoms with Gasteiger partial charge in [-0.25, -0.2) is 4.98 Å². The van der Waals surface area contributed by atoms with E-state index in [9.17, 15) is 0 Å². The monoisotopic (exact) mass is 271 g/mol. The third kappa shape index (κ3) is 2.76.